The molecule has 0 unspecified atom stereocenters. The molecular formula is C19H27N5O3S. The first kappa shape index (κ1) is 20.5. The van der Waals surface area contributed by atoms with Crippen LogP contribution >= 0.6 is 0 Å². The molecule has 1 fully saturated rings. The van der Waals surface area contributed by atoms with Gasteiger partial charge in [0.05, 0.1) is 25.0 Å². The highest BCUT2D eigenvalue weighted by atomic mass is 32.2. The van der Waals surface area contributed by atoms with Crippen LogP contribution in [0.5, 0.6) is 0 Å². The van der Waals surface area contributed by atoms with E-state index in [0.717, 1.165) is 47.5 Å². The number of likely N-dealkylation sites (N-methyl/N-ethyl adjacent to an activating group) is 1. The second kappa shape index (κ2) is 8.83. The maximum absolute atomic E-state index is 12.8. The fourth-order valence-electron chi connectivity index (χ4n) is 3.50. The predicted octanol–water partition coefficient (Wildman–Crippen LogP) is 1.61. The van der Waals surface area contributed by atoms with Crippen molar-refractivity contribution in [3.8, 4) is 11.3 Å². The van der Waals surface area contributed by atoms with E-state index in [-0.39, 0.29) is 18.5 Å². The van der Waals surface area contributed by atoms with E-state index in [0.29, 0.717) is 13.1 Å². The van der Waals surface area contributed by atoms with E-state index in [1.165, 1.54) is 7.05 Å². The zero-order valence-electron chi connectivity index (χ0n) is 16.4. The van der Waals surface area contributed by atoms with Crippen LogP contribution < -0.4 is 0 Å². The molecule has 0 spiro atoms. The monoisotopic (exact) mass is 405 g/mol. The molecule has 2 aromatic heterocycles. The van der Waals surface area contributed by atoms with Crippen LogP contribution in [0.25, 0.3) is 11.3 Å². The molecule has 2 aromatic rings. The summed E-state index contributed by atoms with van der Waals surface area (Å²) in [5.74, 6) is -0.152. The van der Waals surface area contributed by atoms with Crippen LogP contribution in [0.1, 0.15) is 25.7 Å². The number of amides is 1. The molecule has 152 valence electrons. The van der Waals surface area contributed by atoms with Gasteiger partial charge in [0.1, 0.15) is 0 Å². The number of hydrogen-bond donors (Lipinski definition) is 0. The Hall–Kier alpha value is -2.26. The van der Waals surface area contributed by atoms with Crippen molar-refractivity contribution in [2.75, 3.05) is 26.4 Å². The molecule has 2 heterocycles. The molecule has 1 amide bonds. The minimum atomic E-state index is -3.39. The lowest BCUT2D eigenvalue weighted by Crippen LogP contribution is -2.46. The summed E-state index contributed by atoms with van der Waals surface area (Å²) in [6.07, 6.45) is 10.6. The fraction of sp³-hybridized carbons (Fsp3) is 0.526. The second-order valence-electron chi connectivity index (χ2n) is 7.24. The van der Waals surface area contributed by atoms with Gasteiger partial charge in [0.15, 0.2) is 0 Å². The Kier molecular flexibility index (Phi) is 6.46. The summed E-state index contributed by atoms with van der Waals surface area (Å²) in [5.41, 5.74) is 1.85. The van der Waals surface area contributed by atoms with Crippen molar-refractivity contribution in [2.45, 2.75) is 38.3 Å². The summed E-state index contributed by atoms with van der Waals surface area (Å²) in [6, 6.07) is 5.93. The molecule has 1 aliphatic carbocycles. The first-order valence-electron chi connectivity index (χ1n) is 9.49. The average Bonchev–Trinajstić information content (AvgIpc) is 3.34. The molecule has 3 rings (SSSR count). The Morgan fingerprint density at radius 1 is 1.21 bits per heavy atom. The molecule has 9 heteroatoms. The third-order valence-corrected chi connectivity index (χ3v) is 6.46. The normalized spacial score (nSPS) is 15.2. The van der Waals surface area contributed by atoms with E-state index in [9.17, 15) is 13.2 Å². The first-order valence-corrected chi connectivity index (χ1v) is 11.3. The van der Waals surface area contributed by atoms with Crippen LogP contribution in [-0.2, 0) is 21.4 Å². The third kappa shape index (κ3) is 5.17. The van der Waals surface area contributed by atoms with Crippen molar-refractivity contribution < 1.29 is 13.2 Å². The van der Waals surface area contributed by atoms with Gasteiger partial charge in [-0.1, -0.05) is 12.8 Å². The number of rotatable bonds is 8. The average molecular weight is 406 g/mol. The lowest BCUT2D eigenvalue weighted by atomic mass is 10.2. The topological polar surface area (TPSA) is 88.4 Å². The van der Waals surface area contributed by atoms with Gasteiger partial charge in [-0.3, -0.25) is 14.5 Å². The van der Waals surface area contributed by atoms with Crippen LogP contribution in [0, 0.1) is 0 Å². The summed E-state index contributed by atoms with van der Waals surface area (Å²) in [5, 5.41) is 4.58. The van der Waals surface area contributed by atoms with Gasteiger partial charge in [0.2, 0.25) is 15.9 Å². The lowest BCUT2D eigenvalue weighted by Gasteiger charge is -2.30. The van der Waals surface area contributed by atoms with Crippen molar-refractivity contribution in [1.82, 2.24) is 24.0 Å². The quantitative estimate of drug-likeness (QED) is 0.666. The van der Waals surface area contributed by atoms with Crippen molar-refractivity contribution in [3.63, 3.8) is 0 Å². The highest BCUT2D eigenvalue weighted by Gasteiger charge is 2.28. The number of carbonyl (C=O) groups is 1. The maximum atomic E-state index is 12.8. The molecule has 0 radical (unpaired) electrons. The van der Waals surface area contributed by atoms with Gasteiger partial charge in [0.25, 0.3) is 0 Å². The van der Waals surface area contributed by atoms with E-state index < -0.39 is 10.0 Å². The standard InChI is InChI=1S/C19H27N5O3S/c1-22(28(2,26)27)15-19(25)24(17-5-3-4-6-17)14-13-23-12-9-18(21-23)16-7-10-20-11-8-16/h7-12,17H,3-6,13-15H2,1-2H3. The van der Waals surface area contributed by atoms with E-state index >= 15 is 0 Å². The number of nitrogens with zero attached hydrogens (tertiary/aromatic N) is 5. The van der Waals surface area contributed by atoms with E-state index in [4.69, 9.17) is 0 Å². The minimum absolute atomic E-state index is 0.128. The molecule has 0 atom stereocenters. The molecule has 0 aromatic carbocycles. The SMILES string of the molecule is CN(CC(=O)N(CCn1ccc(-c2ccncc2)n1)C1CCCC1)S(C)(=O)=O. The van der Waals surface area contributed by atoms with Crippen molar-refractivity contribution >= 4 is 15.9 Å². The van der Waals surface area contributed by atoms with Crippen LogP contribution in [0.15, 0.2) is 36.8 Å². The number of aromatic nitrogens is 3. The highest BCUT2D eigenvalue weighted by molar-refractivity contribution is 7.88. The first-order chi connectivity index (χ1) is 13.3. The van der Waals surface area contributed by atoms with Crippen molar-refractivity contribution in [3.05, 3.63) is 36.8 Å². The Balaban J connectivity index is 1.67. The number of carbonyl (C=O) groups excluding carboxylic acids is 1. The minimum Gasteiger partial charge on any atom is -0.337 e. The zero-order valence-corrected chi connectivity index (χ0v) is 17.2. The Bertz CT molecular complexity index is 891. The van der Waals surface area contributed by atoms with E-state index in [2.05, 4.69) is 10.1 Å². The molecule has 8 nitrogen and oxygen atoms in total. The number of pyridine rings is 1. The summed E-state index contributed by atoms with van der Waals surface area (Å²) < 4.78 is 26.3. The molecular weight excluding hydrogens is 378 g/mol. The van der Waals surface area contributed by atoms with Crippen LogP contribution in [-0.4, -0.2) is 70.7 Å². The molecule has 1 aliphatic rings. The number of hydrogen-bond acceptors (Lipinski definition) is 5. The summed E-state index contributed by atoms with van der Waals surface area (Å²) in [7, 11) is -1.95. The van der Waals surface area contributed by atoms with Gasteiger partial charge < -0.3 is 4.90 Å². The van der Waals surface area contributed by atoms with E-state index in [1.807, 2.05) is 34.0 Å². The second-order valence-corrected chi connectivity index (χ2v) is 9.33. The summed E-state index contributed by atoms with van der Waals surface area (Å²) in [6.45, 7) is 0.950. The van der Waals surface area contributed by atoms with Gasteiger partial charge in [-0.2, -0.15) is 9.40 Å². The van der Waals surface area contributed by atoms with E-state index in [1.54, 1.807) is 12.4 Å². The van der Waals surface area contributed by atoms with Crippen molar-refractivity contribution in [1.29, 1.82) is 0 Å². The lowest BCUT2D eigenvalue weighted by molar-refractivity contribution is -0.133. The molecule has 0 bridgehead atoms. The zero-order chi connectivity index (χ0) is 20.1. The van der Waals surface area contributed by atoms with Gasteiger partial charge in [-0.05, 0) is 31.0 Å². The molecule has 0 saturated heterocycles. The Morgan fingerprint density at radius 3 is 2.54 bits per heavy atom. The van der Waals surface area contributed by atoms with Gasteiger partial charge in [-0.25, -0.2) is 8.42 Å². The van der Waals surface area contributed by atoms with Gasteiger partial charge in [-0.15, -0.1) is 0 Å². The summed E-state index contributed by atoms with van der Waals surface area (Å²) in [4.78, 5) is 18.7. The number of sulfonamides is 1. The Labute approximate surface area is 166 Å². The molecule has 1 saturated carbocycles. The Morgan fingerprint density at radius 2 is 1.89 bits per heavy atom. The largest absolute Gasteiger partial charge is 0.337 e. The molecule has 28 heavy (non-hydrogen) atoms. The van der Waals surface area contributed by atoms with Crippen LogP contribution in [0.4, 0.5) is 0 Å². The third-order valence-electron chi connectivity index (χ3n) is 5.20. The van der Waals surface area contributed by atoms with Crippen LogP contribution in [0.3, 0.4) is 0 Å². The van der Waals surface area contributed by atoms with Crippen molar-refractivity contribution in [2.24, 2.45) is 0 Å². The molecule has 0 aliphatic heterocycles. The van der Waals surface area contributed by atoms with Gasteiger partial charge in [0, 0.05) is 43.8 Å². The molecule has 0 N–H and O–H groups in total. The van der Waals surface area contributed by atoms with Gasteiger partial charge >= 0.3 is 0 Å². The van der Waals surface area contributed by atoms with Crippen LogP contribution in [0.2, 0.25) is 0 Å². The fourth-order valence-corrected chi connectivity index (χ4v) is 3.84. The highest BCUT2D eigenvalue weighted by Crippen LogP contribution is 2.24. The predicted molar refractivity (Wildman–Crippen MR) is 107 cm³/mol. The maximum Gasteiger partial charge on any atom is 0.238 e. The summed E-state index contributed by atoms with van der Waals surface area (Å²) >= 11 is 0. The smallest absolute Gasteiger partial charge is 0.238 e.